The van der Waals surface area contributed by atoms with Gasteiger partial charge < -0.3 is 63.3 Å². The van der Waals surface area contributed by atoms with E-state index in [1.807, 2.05) is 18.7 Å². The zero-order chi connectivity index (χ0) is 17.5. The molecule has 0 saturated heterocycles. The van der Waals surface area contributed by atoms with Gasteiger partial charge in [0.05, 0.1) is 15.6 Å². The van der Waals surface area contributed by atoms with Gasteiger partial charge in [-0.15, -0.1) is 0 Å². The van der Waals surface area contributed by atoms with Crippen LogP contribution in [-0.2, 0) is 54.4 Å². The van der Waals surface area contributed by atoms with Crippen molar-refractivity contribution in [3.63, 3.8) is 0 Å². The molecule has 0 radical (unpaired) electrons. The van der Waals surface area contributed by atoms with Crippen molar-refractivity contribution in [1.82, 2.24) is 4.90 Å². The standard InChI is InChI=1S/C5H11NS2.H5O10P3.Zn/c1-3-6(4-2)5(7)8;1-11(2,3)9-13(7,8)10-12(4,5)6;/h3-4H2,1-2H3,(H,7,8);(H,7,8)(H2,1,2,3)(H2,4,5,6);/p-6. The SMILES string of the molecule is CCN(CC)C(=S)[S-].O=P([O-])([O-])OP(=O)([O-])OP(=O)([O-])[O-].[Zn]. The molecule has 0 aliphatic rings. The van der Waals surface area contributed by atoms with Gasteiger partial charge >= 0.3 is 0 Å². The molecule has 130 valence electrons. The molecule has 0 aromatic rings. The Bertz CT molecular complexity index is 447. The summed E-state index contributed by atoms with van der Waals surface area (Å²) in [5, 5.41) is 0. The second-order valence-corrected chi connectivity index (χ2v) is 7.96. The van der Waals surface area contributed by atoms with E-state index in [-0.39, 0.29) is 19.5 Å². The topological polar surface area (TPSA) is 188 Å². The van der Waals surface area contributed by atoms with Gasteiger partial charge in [-0.2, -0.15) is 0 Å². The number of hydrogen-bond donors (Lipinski definition) is 0. The third kappa shape index (κ3) is 19.2. The van der Waals surface area contributed by atoms with Gasteiger partial charge in [0.15, 0.2) is 0 Å². The fourth-order valence-corrected chi connectivity index (χ4v) is 3.61. The fourth-order valence-electron chi connectivity index (χ4n) is 0.742. The third-order valence-corrected chi connectivity index (χ3v) is 5.14. The molecule has 22 heavy (non-hydrogen) atoms. The summed E-state index contributed by atoms with van der Waals surface area (Å²) in [4.78, 5) is 50.6. The first-order valence-electron chi connectivity index (χ1n) is 4.87. The maximum atomic E-state index is 10.1. The largest absolute Gasteiger partial charge is 0.790 e. The van der Waals surface area contributed by atoms with Crippen molar-refractivity contribution >= 4 is 52.6 Å². The summed E-state index contributed by atoms with van der Waals surface area (Å²) < 4.78 is 35.3. The van der Waals surface area contributed by atoms with Crippen LogP contribution in [0.4, 0.5) is 0 Å². The number of phosphoric acid groups is 3. The molecule has 0 aromatic heterocycles. The minimum Gasteiger partial charge on any atom is -0.790 e. The monoisotopic (exact) mass is 465 g/mol. The Balaban J connectivity index is -0.000000348. The summed E-state index contributed by atoms with van der Waals surface area (Å²) in [5.41, 5.74) is 0. The maximum Gasteiger partial charge on any atom is 0.275 e. The molecule has 0 aliphatic heterocycles. The van der Waals surface area contributed by atoms with E-state index in [0.29, 0.717) is 4.32 Å². The summed E-state index contributed by atoms with van der Waals surface area (Å²) in [6, 6.07) is 0. The van der Waals surface area contributed by atoms with Gasteiger partial charge in [-0.05, 0) is 13.8 Å². The fraction of sp³-hybridized carbons (Fsp3) is 0.800. The van der Waals surface area contributed by atoms with Crippen molar-refractivity contribution in [1.29, 1.82) is 0 Å². The van der Waals surface area contributed by atoms with Crippen molar-refractivity contribution in [2.24, 2.45) is 0 Å². The van der Waals surface area contributed by atoms with Gasteiger partial charge in [-0.25, -0.2) is 0 Å². The second kappa shape index (κ2) is 11.7. The van der Waals surface area contributed by atoms with Gasteiger partial charge in [-0.3, -0.25) is 13.2 Å². The number of hydrogen-bond acceptors (Lipinski definition) is 12. The normalized spacial score (nSPS) is 11.8. The Morgan fingerprint density at radius 2 is 1.27 bits per heavy atom. The van der Waals surface area contributed by atoms with Crippen LogP contribution in [0.1, 0.15) is 13.8 Å². The molecule has 0 saturated carbocycles. The molecule has 0 spiro atoms. The molecule has 17 heteroatoms. The van der Waals surface area contributed by atoms with E-state index in [0.717, 1.165) is 13.1 Å². The first kappa shape index (κ1) is 28.0. The van der Waals surface area contributed by atoms with Crippen molar-refractivity contribution in [3.05, 3.63) is 0 Å². The van der Waals surface area contributed by atoms with Crippen LogP contribution in [0.25, 0.3) is 0 Å². The van der Waals surface area contributed by atoms with Crippen LogP contribution < -0.4 is 24.5 Å². The van der Waals surface area contributed by atoms with Crippen molar-refractivity contribution in [2.75, 3.05) is 13.1 Å². The van der Waals surface area contributed by atoms with Crippen LogP contribution in [0.15, 0.2) is 0 Å². The summed E-state index contributed by atoms with van der Waals surface area (Å²) in [7, 11) is -17.9. The van der Waals surface area contributed by atoms with Gasteiger partial charge in [0.1, 0.15) is 0 Å². The summed E-state index contributed by atoms with van der Waals surface area (Å²) in [5.74, 6) is 0. The van der Waals surface area contributed by atoms with Gasteiger partial charge in [0.25, 0.3) is 7.82 Å². The van der Waals surface area contributed by atoms with Gasteiger partial charge in [0, 0.05) is 32.6 Å². The molecule has 0 aliphatic carbocycles. The molecular weight excluding hydrogens is 456 g/mol. The predicted octanol–water partition coefficient (Wildman–Crippen LogP) is -2.70. The summed E-state index contributed by atoms with van der Waals surface area (Å²) in [6.45, 7) is 5.95. The number of nitrogens with zero attached hydrogens (tertiary/aromatic N) is 1. The van der Waals surface area contributed by atoms with Crippen molar-refractivity contribution in [3.8, 4) is 0 Å². The molecular formula is C5H10NO10P3S2Zn-6. The minimum absolute atomic E-state index is 0. The first-order valence-corrected chi connectivity index (χ1v) is 10.1. The van der Waals surface area contributed by atoms with Crippen molar-refractivity contribution < 1.29 is 66.3 Å². The Hall–Kier alpha value is 1.14. The van der Waals surface area contributed by atoms with Crippen LogP contribution >= 0.6 is 35.7 Å². The summed E-state index contributed by atoms with van der Waals surface area (Å²) >= 11 is 9.51. The first-order chi connectivity index (χ1) is 9.13. The molecule has 0 unspecified atom stereocenters. The zero-order valence-electron chi connectivity index (χ0n) is 11.3. The van der Waals surface area contributed by atoms with E-state index >= 15 is 0 Å². The molecule has 0 aromatic carbocycles. The molecule has 11 nitrogen and oxygen atoms in total. The maximum absolute atomic E-state index is 10.1. The van der Waals surface area contributed by atoms with Crippen LogP contribution in [-0.4, -0.2) is 22.3 Å². The zero-order valence-corrected chi connectivity index (χ0v) is 18.6. The average molecular weight is 467 g/mol. The van der Waals surface area contributed by atoms with E-state index in [9.17, 15) is 38.2 Å². The molecule has 0 atom stereocenters. The summed E-state index contributed by atoms with van der Waals surface area (Å²) in [6.07, 6.45) is 0. The molecule has 0 bridgehead atoms. The van der Waals surface area contributed by atoms with Gasteiger partial charge in [-0.1, -0.05) is 4.32 Å². The van der Waals surface area contributed by atoms with Crippen LogP contribution in [0.2, 0.25) is 0 Å². The number of rotatable bonds is 6. The molecule has 0 fully saturated rings. The van der Waals surface area contributed by atoms with Crippen LogP contribution in [0.5, 0.6) is 0 Å². The minimum atomic E-state index is -5.97. The second-order valence-electron chi connectivity index (χ2n) is 2.94. The average Bonchev–Trinajstić information content (AvgIpc) is 2.10. The van der Waals surface area contributed by atoms with E-state index < -0.39 is 23.5 Å². The Kier molecular flexibility index (Phi) is 14.8. The predicted molar refractivity (Wildman–Crippen MR) is 67.9 cm³/mol. The molecule has 0 N–H and O–H groups in total. The molecule has 0 heterocycles. The van der Waals surface area contributed by atoms with E-state index in [4.69, 9.17) is 24.8 Å². The Morgan fingerprint density at radius 3 is 1.36 bits per heavy atom. The smallest absolute Gasteiger partial charge is 0.275 e. The Labute approximate surface area is 150 Å². The van der Waals surface area contributed by atoms with Gasteiger partial charge in [0.2, 0.25) is 0 Å². The van der Waals surface area contributed by atoms with Crippen LogP contribution in [0.3, 0.4) is 0 Å². The molecule has 0 rings (SSSR count). The van der Waals surface area contributed by atoms with E-state index in [2.05, 4.69) is 8.62 Å². The van der Waals surface area contributed by atoms with E-state index in [1.54, 1.807) is 0 Å². The van der Waals surface area contributed by atoms with E-state index in [1.165, 1.54) is 0 Å². The third-order valence-electron chi connectivity index (χ3n) is 1.42. The molecule has 0 amide bonds. The Morgan fingerprint density at radius 1 is 1.00 bits per heavy atom. The van der Waals surface area contributed by atoms with Crippen LogP contribution in [0, 0.1) is 0 Å². The van der Waals surface area contributed by atoms with Crippen molar-refractivity contribution in [2.45, 2.75) is 13.8 Å². The number of thiocarbonyl (C=S) groups is 1. The quantitative estimate of drug-likeness (QED) is 0.170.